The summed E-state index contributed by atoms with van der Waals surface area (Å²) in [7, 11) is 0. The number of aromatic nitrogens is 2. The van der Waals surface area contributed by atoms with Crippen LogP contribution >= 0.6 is 6.64 Å². The molecule has 0 aliphatic carbocycles. The zero-order valence-corrected chi connectivity index (χ0v) is 24.8. The Morgan fingerprint density at radius 1 is 1.23 bits per heavy atom. The number of nitrogens with two attached hydrogens (primary N) is 1. The normalized spacial score (nSPS) is 24.3. The standard InChI is InChI=1S/C26H30F3N4O8PS/c1-13(2)39-23(36)14(3)32-42(43,41-18-10-6-8-15-7-4-5-9-16(15)18)38-12-26(24(28)29)20(35)19(34)22(40-26)33-11-17(27)21(30)31-25(33)37/h4-11,13-14,19-20,22,24,34-35H,12H2,1-3H3,(H,32,43)(H2,30,31,37). The minimum absolute atomic E-state index is 0.199. The summed E-state index contributed by atoms with van der Waals surface area (Å²) < 4.78 is 66.2. The molecule has 43 heavy (non-hydrogen) atoms. The number of nitrogen functional groups attached to an aromatic ring is 1. The summed E-state index contributed by atoms with van der Waals surface area (Å²) in [6, 6.07) is 10.9. The van der Waals surface area contributed by atoms with Gasteiger partial charge in [0.1, 0.15) is 24.0 Å². The Kier molecular flexibility index (Phi) is 9.81. The number of aliphatic hydroxyl groups excluding tert-OH is 2. The Hall–Kier alpha value is -3.11. The number of benzene rings is 2. The van der Waals surface area contributed by atoms with Crippen LogP contribution in [0.4, 0.5) is 19.0 Å². The molecule has 1 fully saturated rings. The first-order chi connectivity index (χ1) is 20.2. The summed E-state index contributed by atoms with van der Waals surface area (Å²) in [5.74, 6) is -2.49. The van der Waals surface area contributed by atoms with E-state index < -0.39 is 79.2 Å². The van der Waals surface area contributed by atoms with Gasteiger partial charge in [0.15, 0.2) is 23.5 Å². The zero-order chi connectivity index (χ0) is 31.7. The zero-order valence-electron chi connectivity index (χ0n) is 23.1. The molecule has 2 heterocycles. The van der Waals surface area contributed by atoms with Gasteiger partial charge < -0.3 is 34.5 Å². The Bertz CT molecular complexity index is 1590. The van der Waals surface area contributed by atoms with Crippen molar-refractivity contribution in [3.63, 3.8) is 0 Å². The number of anilines is 1. The van der Waals surface area contributed by atoms with E-state index in [1.54, 1.807) is 56.3 Å². The number of nitrogens with zero attached hydrogens (tertiary/aromatic N) is 2. The third kappa shape index (κ3) is 6.85. The van der Waals surface area contributed by atoms with Gasteiger partial charge in [0.2, 0.25) is 0 Å². The van der Waals surface area contributed by atoms with Gasteiger partial charge in [0, 0.05) is 5.39 Å². The van der Waals surface area contributed by atoms with Crippen LogP contribution in [0.1, 0.15) is 27.0 Å². The predicted molar refractivity (Wildman–Crippen MR) is 152 cm³/mol. The molecular formula is C26H30F3N4O8PS. The lowest BCUT2D eigenvalue weighted by Gasteiger charge is -2.34. The molecule has 0 spiro atoms. The summed E-state index contributed by atoms with van der Waals surface area (Å²) in [5.41, 5.74) is 1.06. The lowest BCUT2D eigenvalue weighted by atomic mass is 9.96. The topological polar surface area (TPSA) is 167 Å². The number of fused-ring (bicyclic) bond motifs is 1. The molecule has 3 aromatic rings. The first-order valence-electron chi connectivity index (χ1n) is 12.9. The number of nitrogens with one attached hydrogen (secondary N) is 1. The molecule has 0 radical (unpaired) electrons. The van der Waals surface area contributed by atoms with Crippen molar-refractivity contribution in [3.05, 3.63) is 65.0 Å². The molecule has 0 bridgehead atoms. The molecule has 234 valence electrons. The number of hydrogen-bond donors (Lipinski definition) is 4. The third-order valence-corrected chi connectivity index (χ3v) is 8.99. The van der Waals surface area contributed by atoms with Crippen molar-refractivity contribution >= 4 is 41.0 Å². The van der Waals surface area contributed by atoms with Crippen LogP contribution in [-0.4, -0.2) is 68.7 Å². The van der Waals surface area contributed by atoms with E-state index in [2.05, 4.69) is 10.1 Å². The quantitative estimate of drug-likeness (QED) is 0.178. The second kappa shape index (κ2) is 12.9. The van der Waals surface area contributed by atoms with Gasteiger partial charge in [0.05, 0.1) is 18.9 Å². The fraction of sp³-hybridized carbons (Fsp3) is 0.423. The van der Waals surface area contributed by atoms with Gasteiger partial charge in [-0.05, 0) is 44.0 Å². The minimum atomic E-state index is -3.98. The lowest BCUT2D eigenvalue weighted by Crippen LogP contribution is -2.53. The largest absolute Gasteiger partial charge is 0.462 e. The maximum atomic E-state index is 14.7. The van der Waals surface area contributed by atoms with Crippen LogP contribution in [0.5, 0.6) is 5.75 Å². The van der Waals surface area contributed by atoms with Gasteiger partial charge in [-0.25, -0.2) is 23.1 Å². The van der Waals surface area contributed by atoms with Crippen molar-refractivity contribution < 1.29 is 46.7 Å². The second-order valence-electron chi connectivity index (χ2n) is 10.0. The van der Waals surface area contributed by atoms with Crippen molar-refractivity contribution in [2.45, 2.75) is 63.4 Å². The first-order valence-corrected chi connectivity index (χ1v) is 15.6. The molecule has 1 aromatic heterocycles. The molecule has 0 amide bonds. The first kappa shape index (κ1) is 32.8. The number of ether oxygens (including phenoxy) is 2. The molecule has 6 atom stereocenters. The van der Waals surface area contributed by atoms with Crippen LogP contribution in [0, 0.1) is 5.82 Å². The Morgan fingerprint density at radius 3 is 2.58 bits per heavy atom. The van der Waals surface area contributed by atoms with Gasteiger partial charge in [-0.3, -0.25) is 9.36 Å². The number of carbonyl (C=O) groups excluding carboxylic acids is 1. The minimum Gasteiger partial charge on any atom is -0.462 e. The maximum absolute atomic E-state index is 14.7. The van der Waals surface area contributed by atoms with Gasteiger partial charge in [-0.2, -0.15) is 4.98 Å². The van der Waals surface area contributed by atoms with Gasteiger partial charge in [-0.15, -0.1) is 0 Å². The second-order valence-corrected chi connectivity index (χ2v) is 13.2. The Morgan fingerprint density at radius 2 is 1.91 bits per heavy atom. The molecule has 1 aliphatic heterocycles. The molecule has 2 aromatic carbocycles. The van der Waals surface area contributed by atoms with E-state index in [-0.39, 0.29) is 5.75 Å². The molecule has 1 aliphatic rings. The summed E-state index contributed by atoms with van der Waals surface area (Å²) in [5, 5.41) is 25.5. The molecule has 12 nitrogen and oxygen atoms in total. The highest BCUT2D eigenvalue weighted by Gasteiger charge is 2.61. The van der Waals surface area contributed by atoms with Crippen LogP contribution in [0.2, 0.25) is 0 Å². The molecule has 17 heteroatoms. The highest BCUT2D eigenvalue weighted by molar-refractivity contribution is 8.09. The summed E-state index contributed by atoms with van der Waals surface area (Å²) in [4.78, 5) is 28.1. The summed E-state index contributed by atoms with van der Waals surface area (Å²) in [6.45, 7) is -0.509. The molecule has 1 saturated heterocycles. The Labute approximate surface area is 248 Å². The SMILES string of the molecule is CC(C)OC(=O)C(C)NP(=S)(OCC1(C(F)F)OC(n2cc(F)c(N)nc2=O)C(O)C1O)Oc1cccc2ccccc12. The highest BCUT2D eigenvalue weighted by atomic mass is 32.5. The van der Waals surface area contributed by atoms with Crippen molar-refractivity contribution in [1.82, 2.24) is 14.6 Å². The molecule has 6 unspecified atom stereocenters. The average Bonchev–Trinajstić information content (AvgIpc) is 3.20. The van der Waals surface area contributed by atoms with Crippen LogP contribution in [0.25, 0.3) is 10.8 Å². The average molecular weight is 647 g/mol. The van der Waals surface area contributed by atoms with E-state index >= 15 is 0 Å². The third-order valence-electron chi connectivity index (χ3n) is 6.52. The summed E-state index contributed by atoms with van der Waals surface area (Å²) >= 11 is 5.64. The molecule has 5 N–H and O–H groups in total. The number of esters is 1. The van der Waals surface area contributed by atoms with E-state index in [9.17, 15) is 33.0 Å². The molecule has 4 rings (SSSR count). The number of carbonyl (C=O) groups is 1. The van der Waals surface area contributed by atoms with E-state index in [1.807, 2.05) is 0 Å². The van der Waals surface area contributed by atoms with Crippen molar-refractivity contribution in [1.29, 1.82) is 0 Å². The Balaban J connectivity index is 1.69. The van der Waals surface area contributed by atoms with Crippen molar-refractivity contribution in [2.24, 2.45) is 0 Å². The lowest BCUT2D eigenvalue weighted by molar-refractivity contribution is -0.192. The number of rotatable bonds is 11. The van der Waals surface area contributed by atoms with Gasteiger partial charge in [0.25, 0.3) is 6.43 Å². The maximum Gasteiger partial charge on any atom is 0.351 e. The smallest absolute Gasteiger partial charge is 0.351 e. The van der Waals surface area contributed by atoms with Gasteiger partial charge >= 0.3 is 18.3 Å². The summed E-state index contributed by atoms with van der Waals surface area (Å²) in [6.07, 6.45) is -10.0. The fourth-order valence-corrected chi connectivity index (χ4v) is 6.76. The predicted octanol–water partition coefficient (Wildman–Crippen LogP) is 2.62. The number of halogens is 3. The van der Waals surface area contributed by atoms with Crippen molar-refractivity contribution in [3.8, 4) is 5.75 Å². The van der Waals surface area contributed by atoms with E-state index in [4.69, 9.17) is 36.1 Å². The van der Waals surface area contributed by atoms with Crippen LogP contribution in [-0.2, 0) is 30.6 Å². The van der Waals surface area contributed by atoms with E-state index in [0.29, 0.717) is 16.2 Å². The number of aliphatic hydroxyl groups is 2. The van der Waals surface area contributed by atoms with Crippen LogP contribution < -0.4 is 21.0 Å². The van der Waals surface area contributed by atoms with Crippen LogP contribution in [0.3, 0.4) is 0 Å². The van der Waals surface area contributed by atoms with E-state index in [0.717, 1.165) is 5.39 Å². The van der Waals surface area contributed by atoms with Crippen molar-refractivity contribution in [2.75, 3.05) is 12.3 Å². The fourth-order valence-electron chi connectivity index (χ4n) is 4.34. The van der Waals surface area contributed by atoms with Crippen LogP contribution in [0.15, 0.2) is 53.5 Å². The number of alkyl halides is 2. The molecule has 0 saturated carbocycles. The molecular weight excluding hydrogens is 616 g/mol. The highest BCUT2D eigenvalue weighted by Crippen LogP contribution is 2.50. The monoisotopic (exact) mass is 646 g/mol. The van der Waals surface area contributed by atoms with Gasteiger partial charge in [-0.1, -0.05) is 36.4 Å². The number of hydrogen-bond acceptors (Lipinski definition) is 11. The van der Waals surface area contributed by atoms with E-state index in [1.165, 1.54) is 6.92 Å².